The molecule has 1 atom stereocenters. The van der Waals surface area contributed by atoms with Crippen molar-refractivity contribution < 1.29 is 4.79 Å². The molecule has 1 aromatic carbocycles. The summed E-state index contributed by atoms with van der Waals surface area (Å²) < 4.78 is 0. The van der Waals surface area contributed by atoms with Crippen molar-refractivity contribution in [3.05, 3.63) is 68.7 Å². The van der Waals surface area contributed by atoms with Crippen molar-refractivity contribution in [1.82, 2.24) is 0 Å². The van der Waals surface area contributed by atoms with Gasteiger partial charge in [0, 0.05) is 21.7 Å². The van der Waals surface area contributed by atoms with Crippen LogP contribution in [0.25, 0.3) is 0 Å². The van der Waals surface area contributed by atoms with Gasteiger partial charge in [-0.3, -0.25) is 4.79 Å². The smallest absolute Gasteiger partial charge is 0.259 e. The van der Waals surface area contributed by atoms with Gasteiger partial charge in [-0.25, -0.2) is 4.99 Å². The fourth-order valence-electron chi connectivity index (χ4n) is 3.84. The Labute approximate surface area is 180 Å². The standard InChI is InChI=1S/C24H26N2OS2/c1-24(2,3)16-11-12-19-20(14-16)29-23(25-15-18-10-7-13-28-18)21(19)22(27)26-17-8-5-4-6-9-17/h4-10,13,15-16H,11-12,14H2,1-3H3,(H,26,27)/t16-/m1/s1. The first-order valence-electron chi connectivity index (χ1n) is 10.0. The second-order valence-electron chi connectivity index (χ2n) is 8.58. The third-order valence-electron chi connectivity index (χ3n) is 5.58. The van der Waals surface area contributed by atoms with Crippen LogP contribution >= 0.6 is 22.7 Å². The molecule has 1 amide bonds. The lowest BCUT2D eigenvalue weighted by Crippen LogP contribution is -2.27. The molecule has 1 aliphatic rings. The number of hydrogen-bond acceptors (Lipinski definition) is 4. The SMILES string of the molecule is CC(C)(C)[C@@H]1CCc2c(sc(N=Cc3cccs3)c2C(=O)Nc2ccccc2)C1. The molecule has 0 radical (unpaired) electrons. The molecule has 0 spiro atoms. The molecule has 0 fully saturated rings. The fourth-order valence-corrected chi connectivity index (χ4v) is 5.69. The minimum atomic E-state index is -0.0544. The summed E-state index contributed by atoms with van der Waals surface area (Å²) in [5.74, 6) is 0.578. The summed E-state index contributed by atoms with van der Waals surface area (Å²) in [6.07, 6.45) is 4.97. The predicted octanol–water partition coefficient (Wildman–Crippen LogP) is 6.96. The van der Waals surface area contributed by atoms with E-state index in [-0.39, 0.29) is 11.3 Å². The average Bonchev–Trinajstić information content (AvgIpc) is 3.33. The van der Waals surface area contributed by atoms with Crippen LogP contribution in [0, 0.1) is 11.3 Å². The molecular formula is C24H26N2OS2. The number of carbonyl (C=O) groups is 1. The number of nitrogens with zero attached hydrogens (tertiary/aromatic N) is 1. The maximum Gasteiger partial charge on any atom is 0.259 e. The lowest BCUT2D eigenvalue weighted by molar-refractivity contribution is 0.102. The first kappa shape index (κ1) is 20.0. The number of rotatable bonds is 4. The van der Waals surface area contributed by atoms with Crippen LogP contribution in [0.3, 0.4) is 0 Å². The van der Waals surface area contributed by atoms with E-state index in [1.807, 2.05) is 54.1 Å². The Morgan fingerprint density at radius 3 is 2.66 bits per heavy atom. The van der Waals surface area contributed by atoms with Crippen molar-refractivity contribution in [2.45, 2.75) is 40.0 Å². The molecule has 0 saturated heterocycles. The number of anilines is 1. The number of thiophene rings is 2. The van der Waals surface area contributed by atoms with Gasteiger partial charge >= 0.3 is 0 Å². The molecule has 4 rings (SSSR count). The van der Waals surface area contributed by atoms with Crippen LogP contribution in [-0.4, -0.2) is 12.1 Å². The lowest BCUT2D eigenvalue weighted by atomic mass is 9.72. The van der Waals surface area contributed by atoms with E-state index in [1.165, 1.54) is 10.4 Å². The molecule has 1 aliphatic carbocycles. The summed E-state index contributed by atoms with van der Waals surface area (Å²) in [6, 6.07) is 13.7. The van der Waals surface area contributed by atoms with Gasteiger partial charge in [-0.2, -0.15) is 0 Å². The fraction of sp³-hybridized carbons (Fsp3) is 0.333. The molecular weight excluding hydrogens is 396 g/mol. The Morgan fingerprint density at radius 2 is 1.97 bits per heavy atom. The van der Waals surface area contributed by atoms with Crippen molar-refractivity contribution in [2.24, 2.45) is 16.3 Å². The van der Waals surface area contributed by atoms with E-state index in [9.17, 15) is 4.79 Å². The quantitative estimate of drug-likeness (QED) is 0.453. The van der Waals surface area contributed by atoms with Crippen LogP contribution in [0.15, 0.2) is 52.8 Å². The van der Waals surface area contributed by atoms with Gasteiger partial charge in [-0.05, 0) is 59.7 Å². The summed E-state index contributed by atoms with van der Waals surface area (Å²) in [6.45, 7) is 6.94. The van der Waals surface area contributed by atoms with E-state index in [4.69, 9.17) is 4.99 Å². The van der Waals surface area contributed by atoms with E-state index in [0.717, 1.165) is 40.4 Å². The van der Waals surface area contributed by atoms with Crippen LogP contribution in [0.5, 0.6) is 0 Å². The largest absolute Gasteiger partial charge is 0.322 e. The van der Waals surface area contributed by atoms with E-state index >= 15 is 0 Å². The second kappa shape index (κ2) is 8.25. The Balaban J connectivity index is 1.69. The van der Waals surface area contributed by atoms with Gasteiger partial charge in [0.05, 0.1) is 5.56 Å². The maximum absolute atomic E-state index is 13.2. The normalized spacial score (nSPS) is 16.7. The molecule has 2 aromatic heterocycles. The van der Waals surface area contributed by atoms with E-state index in [2.05, 4.69) is 26.1 Å². The monoisotopic (exact) mass is 422 g/mol. The van der Waals surface area contributed by atoms with Crippen LogP contribution in [0.2, 0.25) is 0 Å². The molecule has 150 valence electrons. The minimum Gasteiger partial charge on any atom is -0.322 e. The Morgan fingerprint density at radius 1 is 1.17 bits per heavy atom. The van der Waals surface area contributed by atoms with Crippen LogP contribution in [-0.2, 0) is 12.8 Å². The van der Waals surface area contributed by atoms with Gasteiger partial charge in [0.1, 0.15) is 5.00 Å². The van der Waals surface area contributed by atoms with Crippen LogP contribution in [0.1, 0.15) is 52.9 Å². The zero-order valence-electron chi connectivity index (χ0n) is 17.1. The predicted molar refractivity (Wildman–Crippen MR) is 125 cm³/mol. The number of benzene rings is 1. The topological polar surface area (TPSA) is 41.5 Å². The van der Waals surface area contributed by atoms with Crippen molar-refractivity contribution in [1.29, 1.82) is 0 Å². The summed E-state index contributed by atoms with van der Waals surface area (Å²) in [5, 5.41) is 5.93. The molecule has 2 heterocycles. The number of hydrogen-bond donors (Lipinski definition) is 1. The zero-order valence-corrected chi connectivity index (χ0v) is 18.7. The van der Waals surface area contributed by atoms with Crippen molar-refractivity contribution in [3.63, 3.8) is 0 Å². The number of aliphatic imine (C=N–C) groups is 1. The van der Waals surface area contributed by atoms with E-state index in [1.54, 1.807) is 22.7 Å². The molecule has 5 heteroatoms. The first-order valence-corrected chi connectivity index (χ1v) is 11.7. The molecule has 0 unspecified atom stereocenters. The summed E-state index contributed by atoms with van der Waals surface area (Å²) in [4.78, 5) is 20.4. The van der Waals surface area contributed by atoms with Gasteiger partial charge in [0.25, 0.3) is 5.91 Å². The minimum absolute atomic E-state index is 0.0544. The summed E-state index contributed by atoms with van der Waals surface area (Å²) in [7, 11) is 0. The highest BCUT2D eigenvalue weighted by Gasteiger charge is 2.33. The Bertz CT molecular complexity index is 1010. The lowest BCUT2D eigenvalue weighted by Gasteiger charge is -2.33. The third-order valence-corrected chi connectivity index (χ3v) is 7.55. The number of amides is 1. The summed E-state index contributed by atoms with van der Waals surface area (Å²) >= 11 is 3.34. The Hall–Kier alpha value is -2.24. The van der Waals surface area contributed by atoms with Gasteiger partial charge in [0.15, 0.2) is 0 Å². The molecule has 3 nitrogen and oxygen atoms in total. The molecule has 0 saturated carbocycles. The highest BCUT2D eigenvalue weighted by Crippen LogP contribution is 2.45. The number of fused-ring (bicyclic) bond motifs is 1. The highest BCUT2D eigenvalue weighted by molar-refractivity contribution is 7.16. The molecule has 1 N–H and O–H groups in total. The van der Waals surface area contributed by atoms with Crippen LogP contribution < -0.4 is 5.32 Å². The second-order valence-corrected chi connectivity index (χ2v) is 10.6. The summed E-state index contributed by atoms with van der Waals surface area (Å²) in [5.41, 5.74) is 3.04. The average molecular weight is 423 g/mol. The number of carbonyl (C=O) groups excluding carboxylic acids is 1. The van der Waals surface area contributed by atoms with Gasteiger partial charge < -0.3 is 5.32 Å². The Kier molecular flexibility index (Phi) is 5.70. The van der Waals surface area contributed by atoms with E-state index < -0.39 is 0 Å². The third kappa shape index (κ3) is 4.51. The molecule has 0 aliphatic heterocycles. The number of para-hydroxylation sites is 1. The zero-order chi connectivity index (χ0) is 20.4. The molecule has 29 heavy (non-hydrogen) atoms. The first-order chi connectivity index (χ1) is 13.9. The van der Waals surface area contributed by atoms with Crippen molar-refractivity contribution in [3.8, 4) is 0 Å². The van der Waals surface area contributed by atoms with Gasteiger partial charge in [-0.1, -0.05) is 45.0 Å². The van der Waals surface area contributed by atoms with Crippen LogP contribution in [0.4, 0.5) is 10.7 Å². The van der Waals surface area contributed by atoms with Crippen molar-refractivity contribution in [2.75, 3.05) is 5.32 Å². The van der Waals surface area contributed by atoms with E-state index in [0.29, 0.717) is 5.92 Å². The molecule has 0 bridgehead atoms. The highest BCUT2D eigenvalue weighted by atomic mass is 32.1. The molecule has 3 aromatic rings. The van der Waals surface area contributed by atoms with Gasteiger partial charge in [0.2, 0.25) is 0 Å². The maximum atomic E-state index is 13.2. The van der Waals surface area contributed by atoms with Gasteiger partial charge in [-0.15, -0.1) is 22.7 Å². The number of nitrogens with one attached hydrogen (secondary N) is 1. The van der Waals surface area contributed by atoms with Crippen molar-refractivity contribution >= 4 is 45.5 Å².